The Balaban J connectivity index is 1.96. The van der Waals surface area contributed by atoms with Crippen LogP contribution in [0, 0.1) is 17.8 Å². The average molecular weight is 235 g/mol. The zero-order chi connectivity index (χ0) is 12.1. The van der Waals surface area contributed by atoms with Crippen molar-refractivity contribution in [3.63, 3.8) is 0 Å². The first-order valence-electron chi connectivity index (χ1n) is 7.08. The molecule has 2 aliphatic rings. The van der Waals surface area contributed by atoms with Gasteiger partial charge in [-0.3, -0.25) is 0 Å². The third-order valence-electron chi connectivity index (χ3n) is 4.69. The van der Waals surface area contributed by atoms with E-state index in [4.69, 9.17) is 11.2 Å². The lowest BCUT2D eigenvalue weighted by Gasteiger charge is -2.40. The SMILES string of the molecule is C#CCC(CC)NC1CCCC12CCOCC2. The molecule has 2 atom stereocenters. The summed E-state index contributed by atoms with van der Waals surface area (Å²) in [4.78, 5) is 0. The maximum atomic E-state index is 5.52. The van der Waals surface area contributed by atoms with Gasteiger partial charge in [-0.1, -0.05) is 13.3 Å². The highest BCUT2D eigenvalue weighted by atomic mass is 16.5. The third kappa shape index (κ3) is 2.84. The fraction of sp³-hybridized carbons (Fsp3) is 0.867. The summed E-state index contributed by atoms with van der Waals surface area (Å²) in [5.41, 5.74) is 0.514. The van der Waals surface area contributed by atoms with Gasteiger partial charge in [0, 0.05) is 31.7 Å². The van der Waals surface area contributed by atoms with Gasteiger partial charge in [-0.05, 0) is 37.5 Å². The second kappa shape index (κ2) is 5.89. The minimum atomic E-state index is 0.503. The van der Waals surface area contributed by atoms with Crippen molar-refractivity contribution in [2.75, 3.05) is 13.2 Å². The van der Waals surface area contributed by atoms with Gasteiger partial charge in [0.1, 0.15) is 0 Å². The largest absolute Gasteiger partial charge is 0.381 e. The van der Waals surface area contributed by atoms with E-state index in [0.717, 1.165) is 26.1 Å². The predicted octanol–water partition coefficient (Wildman–Crippen LogP) is 2.73. The van der Waals surface area contributed by atoms with E-state index >= 15 is 0 Å². The van der Waals surface area contributed by atoms with Crippen molar-refractivity contribution < 1.29 is 4.74 Å². The Bertz CT molecular complexity index is 275. The van der Waals surface area contributed by atoms with Crippen LogP contribution >= 0.6 is 0 Å². The van der Waals surface area contributed by atoms with Gasteiger partial charge in [-0.15, -0.1) is 12.3 Å². The minimum Gasteiger partial charge on any atom is -0.381 e. The Morgan fingerprint density at radius 1 is 1.41 bits per heavy atom. The van der Waals surface area contributed by atoms with E-state index < -0.39 is 0 Å². The van der Waals surface area contributed by atoms with Crippen molar-refractivity contribution in [2.45, 2.75) is 64.0 Å². The fourth-order valence-corrected chi connectivity index (χ4v) is 3.52. The number of nitrogens with one attached hydrogen (secondary N) is 1. The van der Waals surface area contributed by atoms with E-state index in [0.29, 0.717) is 17.5 Å². The Kier molecular flexibility index (Phi) is 4.48. The minimum absolute atomic E-state index is 0.503. The number of rotatable bonds is 4. The molecule has 0 bridgehead atoms. The summed E-state index contributed by atoms with van der Waals surface area (Å²) < 4.78 is 5.52. The van der Waals surface area contributed by atoms with Crippen LogP contribution in [-0.4, -0.2) is 25.3 Å². The first-order chi connectivity index (χ1) is 8.30. The number of hydrogen-bond donors (Lipinski definition) is 1. The number of terminal acetylenes is 1. The number of hydrogen-bond acceptors (Lipinski definition) is 2. The molecule has 0 aromatic carbocycles. The lowest BCUT2D eigenvalue weighted by atomic mass is 9.75. The van der Waals surface area contributed by atoms with Crippen LogP contribution in [-0.2, 0) is 4.74 Å². The molecule has 17 heavy (non-hydrogen) atoms. The van der Waals surface area contributed by atoms with E-state index in [1.54, 1.807) is 0 Å². The number of ether oxygens (including phenoxy) is 1. The van der Waals surface area contributed by atoms with Crippen LogP contribution < -0.4 is 5.32 Å². The molecule has 2 rings (SSSR count). The highest BCUT2D eigenvalue weighted by Crippen LogP contribution is 2.46. The van der Waals surface area contributed by atoms with Gasteiger partial charge >= 0.3 is 0 Å². The Morgan fingerprint density at radius 2 is 2.18 bits per heavy atom. The fourth-order valence-electron chi connectivity index (χ4n) is 3.52. The Hall–Kier alpha value is -0.520. The lowest BCUT2D eigenvalue weighted by Crippen LogP contribution is -2.48. The quantitative estimate of drug-likeness (QED) is 0.757. The van der Waals surface area contributed by atoms with Crippen molar-refractivity contribution in [3.05, 3.63) is 0 Å². The molecule has 1 saturated heterocycles. The topological polar surface area (TPSA) is 21.3 Å². The molecular formula is C15H25NO. The maximum Gasteiger partial charge on any atom is 0.0471 e. The van der Waals surface area contributed by atoms with Crippen molar-refractivity contribution in [2.24, 2.45) is 5.41 Å². The van der Waals surface area contributed by atoms with Crippen LogP contribution in [0.5, 0.6) is 0 Å². The molecular weight excluding hydrogens is 210 g/mol. The van der Waals surface area contributed by atoms with E-state index in [-0.39, 0.29) is 0 Å². The van der Waals surface area contributed by atoms with Gasteiger partial charge in [0.2, 0.25) is 0 Å². The van der Waals surface area contributed by atoms with E-state index in [2.05, 4.69) is 18.2 Å². The summed E-state index contributed by atoms with van der Waals surface area (Å²) in [7, 11) is 0. The second-order valence-corrected chi connectivity index (χ2v) is 5.60. The molecule has 2 nitrogen and oxygen atoms in total. The molecule has 96 valence electrons. The van der Waals surface area contributed by atoms with Crippen molar-refractivity contribution in [1.82, 2.24) is 5.32 Å². The Morgan fingerprint density at radius 3 is 2.82 bits per heavy atom. The highest BCUT2D eigenvalue weighted by Gasteiger charge is 2.43. The zero-order valence-electron chi connectivity index (χ0n) is 11.0. The summed E-state index contributed by atoms with van der Waals surface area (Å²) >= 11 is 0. The monoisotopic (exact) mass is 235 g/mol. The molecule has 2 fully saturated rings. The van der Waals surface area contributed by atoms with Crippen LogP contribution in [0.2, 0.25) is 0 Å². The standard InChI is InChI=1S/C15H25NO/c1-3-6-13(4-2)16-14-7-5-8-15(14)9-11-17-12-10-15/h1,13-14,16H,4-12H2,2H3. The molecule has 1 N–H and O–H groups in total. The van der Waals surface area contributed by atoms with Crippen LogP contribution in [0.1, 0.15) is 51.9 Å². The molecule has 2 heteroatoms. The zero-order valence-corrected chi connectivity index (χ0v) is 11.0. The van der Waals surface area contributed by atoms with Crippen molar-refractivity contribution in [3.8, 4) is 12.3 Å². The third-order valence-corrected chi connectivity index (χ3v) is 4.69. The molecule has 1 heterocycles. The summed E-state index contributed by atoms with van der Waals surface area (Å²) in [6, 6.07) is 1.17. The van der Waals surface area contributed by atoms with Crippen LogP contribution in [0.4, 0.5) is 0 Å². The molecule has 1 aliphatic carbocycles. The summed E-state index contributed by atoms with van der Waals surface area (Å²) in [6.07, 6.45) is 14.0. The van der Waals surface area contributed by atoms with E-state index in [1.165, 1.54) is 32.1 Å². The van der Waals surface area contributed by atoms with E-state index in [1.807, 2.05) is 0 Å². The summed E-state index contributed by atoms with van der Waals surface area (Å²) in [5.74, 6) is 2.80. The van der Waals surface area contributed by atoms with Crippen LogP contribution in [0.15, 0.2) is 0 Å². The molecule has 1 aliphatic heterocycles. The van der Waals surface area contributed by atoms with Gasteiger partial charge in [0.05, 0.1) is 0 Å². The summed E-state index contributed by atoms with van der Waals surface area (Å²) in [6.45, 7) is 4.12. The molecule has 0 amide bonds. The molecule has 0 radical (unpaired) electrons. The second-order valence-electron chi connectivity index (χ2n) is 5.60. The van der Waals surface area contributed by atoms with Gasteiger partial charge in [-0.25, -0.2) is 0 Å². The van der Waals surface area contributed by atoms with E-state index in [9.17, 15) is 0 Å². The first kappa shape index (κ1) is 12.9. The van der Waals surface area contributed by atoms with Crippen molar-refractivity contribution >= 4 is 0 Å². The predicted molar refractivity (Wildman–Crippen MR) is 70.8 cm³/mol. The smallest absolute Gasteiger partial charge is 0.0471 e. The maximum absolute atomic E-state index is 5.52. The molecule has 2 unspecified atom stereocenters. The normalized spacial score (nSPS) is 29.1. The van der Waals surface area contributed by atoms with Crippen molar-refractivity contribution in [1.29, 1.82) is 0 Å². The van der Waals surface area contributed by atoms with Gasteiger partial charge < -0.3 is 10.1 Å². The molecule has 1 saturated carbocycles. The van der Waals surface area contributed by atoms with Crippen LogP contribution in [0.3, 0.4) is 0 Å². The molecule has 0 aromatic heterocycles. The van der Waals surface area contributed by atoms with Gasteiger partial charge in [-0.2, -0.15) is 0 Å². The summed E-state index contributed by atoms with van der Waals surface area (Å²) in [5, 5.41) is 3.83. The van der Waals surface area contributed by atoms with Gasteiger partial charge in [0.25, 0.3) is 0 Å². The Labute approximate surface area is 105 Å². The molecule has 0 aromatic rings. The molecule has 1 spiro atoms. The lowest BCUT2D eigenvalue weighted by molar-refractivity contribution is 0.00249. The van der Waals surface area contributed by atoms with Gasteiger partial charge in [0.15, 0.2) is 0 Å². The highest BCUT2D eigenvalue weighted by molar-refractivity contribution is 5.00. The first-order valence-corrected chi connectivity index (χ1v) is 7.08. The van der Waals surface area contributed by atoms with Crippen LogP contribution in [0.25, 0.3) is 0 Å². The average Bonchev–Trinajstić information content (AvgIpc) is 2.72.